The predicted octanol–water partition coefficient (Wildman–Crippen LogP) is 5.17. The Hall–Kier alpha value is -4.25. The number of aryl methyl sites for hydroxylation is 1. The molecule has 1 aliphatic heterocycles. The number of aliphatic hydroxyl groups excluding tert-OH is 1. The molecule has 0 bridgehead atoms. The van der Waals surface area contributed by atoms with E-state index in [0.29, 0.717) is 5.56 Å². The molecule has 5 heteroatoms. The van der Waals surface area contributed by atoms with Crippen molar-refractivity contribution in [1.82, 2.24) is 9.88 Å². The van der Waals surface area contributed by atoms with E-state index < -0.39 is 17.7 Å². The van der Waals surface area contributed by atoms with Gasteiger partial charge in [-0.3, -0.25) is 14.6 Å². The van der Waals surface area contributed by atoms with Gasteiger partial charge in [0, 0.05) is 24.5 Å². The van der Waals surface area contributed by atoms with Crippen molar-refractivity contribution in [2.45, 2.75) is 19.5 Å². The molecule has 2 heterocycles. The summed E-state index contributed by atoms with van der Waals surface area (Å²) in [6.07, 6.45) is 3.31. The Balaban J connectivity index is 1.72. The van der Waals surface area contributed by atoms with E-state index in [2.05, 4.69) is 4.98 Å². The van der Waals surface area contributed by atoms with Gasteiger partial charge in [-0.2, -0.15) is 0 Å². The van der Waals surface area contributed by atoms with Gasteiger partial charge in [0.15, 0.2) is 0 Å². The molecule has 4 aromatic rings. The second kappa shape index (κ2) is 8.36. The minimum absolute atomic E-state index is 0.107. The van der Waals surface area contributed by atoms with Crippen molar-refractivity contribution in [2.75, 3.05) is 0 Å². The van der Waals surface area contributed by atoms with Gasteiger partial charge in [-0.1, -0.05) is 72.3 Å². The number of carbonyl (C=O) groups is 2. The molecule has 162 valence electrons. The van der Waals surface area contributed by atoms with E-state index in [1.807, 2.05) is 79.7 Å². The van der Waals surface area contributed by atoms with E-state index in [0.717, 1.165) is 27.5 Å². The van der Waals surface area contributed by atoms with Gasteiger partial charge in [0.2, 0.25) is 0 Å². The molecule has 33 heavy (non-hydrogen) atoms. The highest BCUT2D eigenvalue weighted by atomic mass is 16.3. The number of hydrogen-bond acceptors (Lipinski definition) is 4. The standard InChI is InChI=1S/C28H22N2O3/c1-18-6-4-9-21(16-18)25-24(26(31)23-11-5-8-20-7-2-3-10-22(20)23)27(32)28(33)30(25)17-19-12-14-29-15-13-19/h2-16,25,31H,17H2,1H3/b26-24-. The number of ketones is 1. The largest absolute Gasteiger partial charge is 0.507 e. The zero-order valence-electron chi connectivity index (χ0n) is 18.1. The maximum atomic E-state index is 13.3. The van der Waals surface area contributed by atoms with E-state index in [9.17, 15) is 14.7 Å². The molecule has 0 saturated carbocycles. The van der Waals surface area contributed by atoms with Crippen LogP contribution in [0.5, 0.6) is 0 Å². The van der Waals surface area contributed by atoms with Gasteiger partial charge in [0.05, 0.1) is 11.6 Å². The van der Waals surface area contributed by atoms with Crippen molar-refractivity contribution < 1.29 is 14.7 Å². The monoisotopic (exact) mass is 434 g/mol. The van der Waals surface area contributed by atoms with Crippen LogP contribution in [0.4, 0.5) is 0 Å². The Morgan fingerprint density at radius 3 is 2.45 bits per heavy atom. The van der Waals surface area contributed by atoms with E-state index in [1.54, 1.807) is 18.5 Å². The molecule has 5 nitrogen and oxygen atoms in total. The van der Waals surface area contributed by atoms with Crippen LogP contribution in [0.15, 0.2) is 96.8 Å². The van der Waals surface area contributed by atoms with Gasteiger partial charge in [-0.05, 0) is 41.0 Å². The lowest BCUT2D eigenvalue weighted by molar-refractivity contribution is -0.140. The summed E-state index contributed by atoms with van der Waals surface area (Å²) >= 11 is 0. The Kier molecular flexibility index (Phi) is 5.23. The number of pyridine rings is 1. The average Bonchev–Trinajstić information content (AvgIpc) is 3.09. The second-order valence-electron chi connectivity index (χ2n) is 8.22. The number of carbonyl (C=O) groups excluding carboxylic acids is 2. The average molecular weight is 434 g/mol. The van der Waals surface area contributed by atoms with Crippen LogP contribution in [0.3, 0.4) is 0 Å². The smallest absolute Gasteiger partial charge is 0.295 e. The van der Waals surface area contributed by atoms with E-state index in [-0.39, 0.29) is 17.9 Å². The number of nitrogens with zero attached hydrogens (tertiary/aromatic N) is 2. The SMILES string of the molecule is Cc1cccc(C2/C(=C(/O)c3cccc4ccccc34)C(=O)C(=O)N2Cc2ccncc2)c1. The lowest BCUT2D eigenvalue weighted by Crippen LogP contribution is -2.29. The lowest BCUT2D eigenvalue weighted by atomic mass is 9.92. The number of Topliss-reactive ketones (excluding diaryl/α,β-unsaturated/α-hetero) is 1. The topological polar surface area (TPSA) is 70.5 Å². The van der Waals surface area contributed by atoms with Crippen LogP contribution in [0.1, 0.15) is 28.3 Å². The second-order valence-corrected chi connectivity index (χ2v) is 8.22. The number of amides is 1. The van der Waals surface area contributed by atoms with Crippen LogP contribution in [0.2, 0.25) is 0 Å². The first-order chi connectivity index (χ1) is 16.0. The van der Waals surface area contributed by atoms with Crippen LogP contribution < -0.4 is 0 Å². The minimum atomic E-state index is -0.697. The summed E-state index contributed by atoms with van der Waals surface area (Å²) < 4.78 is 0. The number of fused-ring (bicyclic) bond motifs is 1. The fourth-order valence-electron chi connectivity index (χ4n) is 4.49. The van der Waals surface area contributed by atoms with Gasteiger partial charge in [0.25, 0.3) is 11.7 Å². The first-order valence-corrected chi connectivity index (χ1v) is 10.8. The molecule has 1 saturated heterocycles. The fraction of sp³-hybridized carbons (Fsp3) is 0.107. The molecule has 1 aromatic heterocycles. The van der Waals surface area contributed by atoms with Crippen molar-refractivity contribution in [1.29, 1.82) is 0 Å². The van der Waals surface area contributed by atoms with Crippen LogP contribution in [0.25, 0.3) is 16.5 Å². The summed E-state index contributed by atoms with van der Waals surface area (Å²) in [5, 5.41) is 13.2. The first kappa shape index (κ1) is 20.6. The first-order valence-electron chi connectivity index (χ1n) is 10.8. The van der Waals surface area contributed by atoms with Crippen molar-refractivity contribution in [3.05, 3.63) is 119 Å². The lowest BCUT2D eigenvalue weighted by Gasteiger charge is -2.25. The van der Waals surface area contributed by atoms with Crippen molar-refractivity contribution in [2.24, 2.45) is 0 Å². The Bertz CT molecular complexity index is 1400. The molecule has 0 aliphatic carbocycles. The maximum absolute atomic E-state index is 13.3. The highest BCUT2D eigenvalue weighted by molar-refractivity contribution is 6.46. The Morgan fingerprint density at radius 1 is 0.939 bits per heavy atom. The molecule has 1 atom stereocenters. The molecular formula is C28H22N2O3. The highest BCUT2D eigenvalue weighted by Gasteiger charge is 2.46. The van der Waals surface area contributed by atoms with Gasteiger partial charge >= 0.3 is 0 Å². The molecule has 1 unspecified atom stereocenters. The number of rotatable bonds is 4. The molecule has 3 aromatic carbocycles. The number of aliphatic hydroxyl groups is 1. The molecule has 0 radical (unpaired) electrons. The zero-order chi connectivity index (χ0) is 22.9. The Morgan fingerprint density at radius 2 is 1.67 bits per heavy atom. The molecule has 5 rings (SSSR count). The van der Waals surface area contributed by atoms with Gasteiger partial charge < -0.3 is 10.0 Å². The summed E-state index contributed by atoms with van der Waals surface area (Å²) in [5.41, 5.74) is 3.29. The van der Waals surface area contributed by atoms with Gasteiger partial charge in [0.1, 0.15) is 5.76 Å². The van der Waals surface area contributed by atoms with Crippen molar-refractivity contribution in [3.63, 3.8) is 0 Å². The van der Waals surface area contributed by atoms with E-state index in [1.165, 1.54) is 4.90 Å². The number of hydrogen-bond donors (Lipinski definition) is 1. The third-order valence-electron chi connectivity index (χ3n) is 6.04. The van der Waals surface area contributed by atoms with Crippen LogP contribution >= 0.6 is 0 Å². The summed E-state index contributed by atoms with van der Waals surface area (Å²) in [5.74, 6) is -1.46. The molecule has 1 N–H and O–H groups in total. The van der Waals surface area contributed by atoms with Crippen LogP contribution in [-0.2, 0) is 16.1 Å². The van der Waals surface area contributed by atoms with Gasteiger partial charge in [-0.25, -0.2) is 0 Å². The zero-order valence-corrected chi connectivity index (χ0v) is 18.1. The normalized spacial score (nSPS) is 17.6. The van der Waals surface area contributed by atoms with Crippen molar-refractivity contribution in [3.8, 4) is 0 Å². The molecule has 1 fully saturated rings. The van der Waals surface area contributed by atoms with E-state index >= 15 is 0 Å². The van der Waals surface area contributed by atoms with Crippen LogP contribution in [-0.4, -0.2) is 26.7 Å². The van der Waals surface area contributed by atoms with Crippen molar-refractivity contribution >= 4 is 28.2 Å². The van der Waals surface area contributed by atoms with Gasteiger partial charge in [-0.15, -0.1) is 0 Å². The predicted molar refractivity (Wildman–Crippen MR) is 127 cm³/mol. The molecule has 1 amide bonds. The highest BCUT2D eigenvalue weighted by Crippen LogP contribution is 2.41. The third kappa shape index (κ3) is 3.68. The summed E-state index contributed by atoms with van der Waals surface area (Å²) in [7, 11) is 0. The summed E-state index contributed by atoms with van der Waals surface area (Å²) in [6, 6.07) is 23.9. The maximum Gasteiger partial charge on any atom is 0.295 e. The quantitative estimate of drug-likeness (QED) is 0.273. The Labute approximate surface area is 191 Å². The van der Waals surface area contributed by atoms with Crippen LogP contribution in [0, 0.1) is 6.92 Å². The summed E-state index contributed by atoms with van der Waals surface area (Å²) in [6.45, 7) is 2.20. The number of likely N-dealkylation sites (tertiary alicyclic amines) is 1. The van der Waals surface area contributed by atoms with E-state index in [4.69, 9.17) is 0 Å². The third-order valence-corrected chi connectivity index (χ3v) is 6.04. The molecule has 0 spiro atoms. The number of benzene rings is 3. The number of aromatic nitrogens is 1. The fourth-order valence-corrected chi connectivity index (χ4v) is 4.49. The summed E-state index contributed by atoms with van der Waals surface area (Å²) in [4.78, 5) is 32.1. The molecular weight excluding hydrogens is 412 g/mol. The molecule has 1 aliphatic rings. The minimum Gasteiger partial charge on any atom is -0.507 e.